The minimum atomic E-state index is -1.02. The number of methoxy groups -OCH3 is 1. The molecule has 0 saturated carbocycles. The first-order valence-electron chi connectivity index (χ1n) is 7.47. The van der Waals surface area contributed by atoms with Gasteiger partial charge < -0.3 is 20.1 Å². The molecular weight excluding hydrogens is 272 g/mol. The zero-order valence-electron chi connectivity index (χ0n) is 14.1. The molecule has 0 rings (SSSR count). The Morgan fingerprint density at radius 3 is 2.10 bits per heavy atom. The van der Waals surface area contributed by atoms with Crippen molar-refractivity contribution in [3.63, 3.8) is 0 Å². The molecular formula is C15H30N2O4. The molecule has 0 aromatic heterocycles. The molecule has 1 atom stereocenters. The van der Waals surface area contributed by atoms with Crippen LogP contribution in [0.1, 0.15) is 47.5 Å². The molecule has 21 heavy (non-hydrogen) atoms. The van der Waals surface area contributed by atoms with Crippen molar-refractivity contribution >= 4 is 12.0 Å². The van der Waals surface area contributed by atoms with Gasteiger partial charge in [-0.25, -0.2) is 9.59 Å². The molecule has 0 radical (unpaired) electrons. The van der Waals surface area contributed by atoms with E-state index in [4.69, 9.17) is 4.74 Å². The maximum absolute atomic E-state index is 12.5. The summed E-state index contributed by atoms with van der Waals surface area (Å²) in [5.74, 6) is -1.02. The van der Waals surface area contributed by atoms with Crippen LogP contribution in [0.4, 0.5) is 4.79 Å². The van der Waals surface area contributed by atoms with Gasteiger partial charge in [0, 0.05) is 19.7 Å². The lowest BCUT2D eigenvalue weighted by Crippen LogP contribution is -2.55. The minimum Gasteiger partial charge on any atom is -0.480 e. The molecule has 124 valence electrons. The molecule has 0 unspecified atom stereocenters. The highest BCUT2D eigenvalue weighted by Crippen LogP contribution is 2.20. The molecule has 0 bridgehead atoms. The second kappa shape index (κ2) is 8.87. The Kier molecular flexibility index (Phi) is 8.32. The highest BCUT2D eigenvalue weighted by atomic mass is 16.5. The summed E-state index contributed by atoms with van der Waals surface area (Å²) in [7, 11) is 1.58. The molecule has 0 aliphatic rings. The number of nitrogens with zero attached hydrogens (tertiary/aromatic N) is 1. The van der Waals surface area contributed by atoms with Crippen LogP contribution in [0.25, 0.3) is 0 Å². The molecule has 2 N–H and O–H groups in total. The van der Waals surface area contributed by atoms with Crippen LogP contribution >= 0.6 is 0 Å². The lowest BCUT2D eigenvalue weighted by molar-refractivity contribution is -0.142. The number of aliphatic carboxylic acids is 1. The monoisotopic (exact) mass is 302 g/mol. The van der Waals surface area contributed by atoms with Gasteiger partial charge in [0.1, 0.15) is 6.04 Å². The van der Waals surface area contributed by atoms with Crippen LogP contribution in [-0.4, -0.2) is 54.4 Å². The van der Waals surface area contributed by atoms with Crippen LogP contribution in [0.5, 0.6) is 0 Å². The zero-order valence-corrected chi connectivity index (χ0v) is 14.1. The Balaban J connectivity index is 5.05. The van der Waals surface area contributed by atoms with Crippen LogP contribution < -0.4 is 5.32 Å². The van der Waals surface area contributed by atoms with E-state index in [0.717, 1.165) is 12.8 Å². The number of urea groups is 1. The number of nitrogens with one attached hydrogen (secondary N) is 1. The third-order valence-corrected chi connectivity index (χ3v) is 3.56. The maximum atomic E-state index is 12.5. The number of carbonyl (C=O) groups is 2. The summed E-state index contributed by atoms with van der Waals surface area (Å²) in [6.45, 7) is 10.3. The maximum Gasteiger partial charge on any atom is 0.326 e. The SMILES string of the molecule is CCC(CC)N(CCOC)C(=O)N[C@H](C(=O)O)C(C)(C)C. The average molecular weight is 302 g/mol. The fraction of sp³-hybridized carbons (Fsp3) is 0.867. The van der Waals surface area contributed by atoms with Gasteiger partial charge in [-0.15, -0.1) is 0 Å². The van der Waals surface area contributed by atoms with Gasteiger partial charge in [-0.1, -0.05) is 34.6 Å². The summed E-state index contributed by atoms with van der Waals surface area (Å²) in [5.41, 5.74) is -0.553. The first kappa shape index (κ1) is 19.7. The fourth-order valence-electron chi connectivity index (χ4n) is 2.22. The van der Waals surface area contributed by atoms with E-state index in [-0.39, 0.29) is 12.1 Å². The van der Waals surface area contributed by atoms with Crippen LogP contribution in [0.3, 0.4) is 0 Å². The van der Waals surface area contributed by atoms with Gasteiger partial charge in [0.05, 0.1) is 6.61 Å². The fourth-order valence-corrected chi connectivity index (χ4v) is 2.22. The quantitative estimate of drug-likeness (QED) is 0.721. The van der Waals surface area contributed by atoms with E-state index in [9.17, 15) is 14.7 Å². The van der Waals surface area contributed by atoms with Crippen LogP contribution in [-0.2, 0) is 9.53 Å². The third kappa shape index (κ3) is 6.33. The molecule has 0 aliphatic carbocycles. The number of rotatable bonds is 8. The second-order valence-electron chi connectivity index (χ2n) is 6.24. The largest absolute Gasteiger partial charge is 0.480 e. The van der Waals surface area contributed by atoms with Crippen molar-refractivity contribution in [1.82, 2.24) is 10.2 Å². The summed E-state index contributed by atoms with van der Waals surface area (Å²) in [6, 6.07) is -1.19. The number of amides is 2. The third-order valence-electron chi connectivity index (χ3n) is 3.56. The number of carboxylic acid groups (broad SMARTS) is 1. The molecule has 0 aliphatic heterocycles. The highest BCUT2D eigenvalue weighted by molar-refractivity contribution is 5.83. The lowest BCUT2D eigenvalue weighted by Gasteiger charge is -2.34. The Bertz CT molecular complexity index is 335. The standard InChI is InChI=1S/C15H30N2O4/c1-7-11(8-2)17(9-10-21-6)14(20)16-12(13(18)19)15(3,4)5/h11-12H,7-10H2,1-6H3,(H,16,20)(H,18,19)/t12-/m1/s1. The molecule has 6 heteroatoms. The van der Waals surface area contributed by atoms with Crippen molar-refractivity contribution < 1.29 is 19.4 Å². The molecule has 0 fully saturated rings. The molecule has 0 aromatic carbocycles. The van der Waals surface area contributed by atoms with Gasteiger partial charge in [0.25, 0.3) is 0 Å². The van der Waals surface area contributed by atoms with Crippen molar-refractivity contribution in [1.29, 1.82) is 0 Å². The predicted octanol–water partition coefficient (Wildman–Crippen LogP) is 2.33. The molecule has 0 aromatic rings. The molecule has 0 heterocycles. The van der Waals surface area contributed by atoms with Gasteiger partial charge in [-0.2, -0.15) is 0 Å². The summed E-state index contributed by atoms with van der Waals surface area (Å²) in [5, 5.41) is 12.0. The van der Waals surface area contributed by atoms with E-state index < -0.39 is 17.4 Å². The lowest BCUT2D eigenvalue weighted by atomic mass is 9.87. The summed E-state index contributed by atoms with van der Waals surface area (Å²) in [6.07, 6.45) is 1.64. The summed E-state index contributed by atoms with van der Waals surface area (Å²) in [4.78, 5) is 25.5. The Labute approximate surface area is 127 Å². The molecule has 2 amide bonds. The number of carbonyl (C=O) groups excluding carboxylic acids is 1. The number of carboxylic acids is 1. The van der Waals surface area contributed by atoms with E-state index in [1.165, 1.54) is 0 Å². The Morgan fingerprint density at radius 2 is 1.76 bits per heavy atom. The van der Waals surface area contributed by atoms with Gasteiger partial charge >= 0.3 is 12.0 Å². The van der Waals surface area contributed by atoms with Gasteiger partial charge in [-0.3, -0.25) is 0 Å². The molecule has 6 nitrogen and oxygen atoms in total. The Hall–Kier alpha value is -1.30. The smallest absolute Gasteiger partial charge is 0.326 e. The van der Waals surface area contributed by atoms with E-state index in [1.807, 2.05) is 13.8 Å². The van der Waals surface area contributed by atoms with Crippen molar-refractivity contribution in [2.24, 2.45) is 5.41 Å². The predicted molar refractivity (Wildman–Crippen MR) is 82.4 cm³/mol. The second-order valence-corrected chi connectivity index (χ2v) is 6.24. The van der Waals surface area contributed by atoms with Gasteiger partial charge in [0.15, 0.2) is 0 Å². The minimum absolute atomic E-state index is 0.0783. The van der Waals surface area contributed by atoms with Crippen molar-refractivity contribution in [3.8, 4) is 0 Å². The Morgan fingerprint density at radius 1 is 1.24 bits per heavy atom. The number of ether oxygens (including phenoxy) is 1. The normalized spacial score (nSPS) is 13.1. The van der Waals surface area contributed by atoms with E-state index >= 15 is 0 Å². The van der Waals surface area contributed by atoms with E-state index in [2.05, 4.69) is 5.32 Å². The summed E-state index contributed by atoms with van der Waals surface area (Å²) < 4.78 is 5.04. The van der Waals surface area contributed by atoms with Crippen LogP contribution in [0.15, 0.2) is 0 Å². The molecule has 0 saturated heterocycles. The molecule has 0 spiro atoms. The topological polar surface area (TPSA) is 78.9 Å². The van der Waals surface area contributed by atoms with Crippen LogP contribution in [0.2, 0.25) is 0 Å². The van der Waals surface area contributed by atoms with Crippen molar-refractivity contribution in [3.05, 3.63) is 0 Å². The van der Waals surface area contributed by atoms with E-state index in [0.29, 0.717) is 13.2 Å². The highest BCUT2D eigenvalue weighted by Gasteiger charge is 2.34. The first-order valence-corrected chi connectivity index (χ1v) is 7.47. The van der Waals surface area contributed by atoms with Crippen LogP contribution in [0, 0.1) is 5.41 Å². The first-order chi connectivity index (χ1) is 9.68. The summed E-state index contributed by atoms with van der Waals surface area (Å²) >= 11 is 0. The number of hydrogen-bond donors (Lipinski definition) is 2. The van der Waals surface area contributed by atoms with Crippen molar-refractivity contribution in [2.45, 2.75) is 59.5 Å². The van der Waals surface area contributed by atoms with Crippen molar-refractivity contribution in [2.75, 3.05) is 20.3 Å². The zero-order chi connectivity index (χ0) is 16.6. The average Bonchev–Trinajstić information content (AvgIpc) is 2.38. The van der Waals surface area contributed by atoms with Gasteiger partial charge in [0.2, 0.25) is 0 Å². The van der Waals surface area contributed by atoms with E-state index in [1.54, 1.807) is 32.8 Å². The van der Waals surface area contributed by atoms with Gasteiger partial charge in [-0.05, 0) is 18.3 Å². The number of hydrogen-bond acceptors (Lipinski definition) is 3.